The second kappa shape index (κ2) is 3.49. The predicted octanol–water partition coefficient (Wildman–Crippen LogP) is -1.06. The summed E-state index contributed by atoms with van der Waals surface area (Å²) in [6, 6.07) is 0. The monoisotopic (exact) mass is 210 g/mol. The van der Waals surface area contributed by atoms with Crippen LogP contribution in [0.3, 0.4) is 0 Å². The molecule has 0 heterocycles. The Morgan fingerprint density at radius 2 is 2.08 bits per heavy atom. The van der Waals surface area contributed by atoms with Crippen molar-refractivity contribution in [1.29, 1.82) is 0 Å². The smallest absolute Gasteiger partial charge is 0.154 e. The minimum atomic E-state index is -0.695. The fourth-order valence-electron chi connectivity index (χ4n) is 1.49. The van der Waals surface area contributed by atoms with Crippen LogP contribution in [0.15, 0.2) is 10.8 Å². The van der Waals surface area contributed by atoms with Gasteiger partial charge in [-0.15, -0.1) is 0 Å². The maximum atomic E-state index is 11.5. The third-order valence-corrected chi connectivity index (χ3v) is 4.07. The Labute approximate surface area is 83.7 Å². The second-order valence-electron chi connectivity index (χ2n) is 3.38. The molecule has 1 aliphatic rings. The molecule has 6 radical (unpaired) electrons. The molecule has 0 amide bonds. The van der Waals surface area contributed by atoms with Crippen molar-refractivity contribution in [3.63, 3.8) is 0 Å². The van der Waals surface area contributed by atoms with Crippen LogP contribution < -0.4 is 0 Å². The zero-order valence-electron chi connectivity index (χ0n) is 7.29. The number of Topliss-reactive ketones (excluding diaryl/α,β-unsaturated/α-hetero) is 1. The van der Waals surface area contributed by atoms with Crippen LogP contribution in [0.25, 0.3) is 0 Å². The number of aliphatic hydroxyl groups excluding tert-OH is 2. The van der Waals surface area contributed by atoms with E-state index in [1.54, 1.807) is 6.92 Å². The van der Waals surface area contributed by atoms with E-state index in [9.17, 15) is 9.90 Å². The summed E-state index contributed by atoms with van der Waals surface area (Å²) in [5.74, 6) is -0.131. The van der Waals surface area contributed by atoms with Crippen LogP contribution in [0, 0.1) is 5.41 Å². The van der Waals surface area contributed by atoms with Gasteiger partial charge in [-0.3, -0.25) is 4.79 Å². The third kappa shape index (κ3) is 1.36. The predicted molar refractivity (Wildman–Crippen MR) is 49.6 cm³/mol. The molecule has 0 aliphatic heterocycles. The molecule has 3 nitrogen and oxygen atoms in total. The van der Waals surface area contributed by atoms with E-state index >= 15 is 0 Å². The highest BCUT2D eigenvalue weighted by atomic mass is 28.1. The number of carbonyl (C=O) groups excluding carboxylic acids is 1. The third-order valence-electron chi connectivity index (χ3n) is 2.62. The van der Waals surface area contributed by atoms with Gasteiger partial charge in [-0.1, -0.05) is 6.92 Å². The number of ketones is 1. The number of rotatable bonds is 2. The highest BCUT2D eigenvalue weighted by Gasteiger charge is 2.45. The van der Waals surface area contributed by atoms with Gasteiger partial charge < -0.3 is 10.2 Å². The largest absolute Gasteiger partial charge is 0.395 e. The van der Waals surface area contributed by atoms with Crippen molar-refractivity contribution in [3.8, 4) is 0 Å². The molecule has 2 atom stereocenters. The topological polar surface area (TPSA) is 57.5 Å². The van der Waals surface area contributed by atoms with E-state index in [-0.39, 0.29) is 19.0 Å². The molecular weight excluding hydrogens is 200 g/mol. The molecule has 0 fully saturated rings. The van der Waals surface area contributed by atoms with E-state index in [4.69, 9.17) is 5.11 Å². The van der Waals surface area contributed by atoms with E-state index in [2.05, 4.69) is 20.5 Å². The minimum Gasteiger partial charge on any atom is -0.395 e. The molecule has 0 saturated carbocycles. The van der Waals surface area contributed by atoms with Crippen molar-refractivity contribution in [2.24, 2.45) is 5.41 Å². The summed E-state index contributed by atoms with van der Waals surface area (Å²) in [5, 5.41) is 18.6. The fourth-order valence-corrected chi connectivity index (χ4v) is 2.55. The Balaban J connectivity index is 3.18. The van der Waals surface area contributed by atoms with Crippen LogP contribution in [-0.2, 0) is 4.79 Å². The molecule has 5 heteroatoms. The minimum absolute atomic E-state index is 0.131. The molecule has 0 aromatic carbocycles. The summed E-state index contributed by atoms with van der Waals surface area (Å²) in [7, 11) is 6.44. The summed E-state index contributed by atoms with van der Waals surface area (Å²) < 4.78 is 0. The van der Waals surface area contributed by atoms with Gasteiger partial charge in [-0.25, -0.2) is 0 Å². The molecule has 0 saturated heterocycles. The van der Waals surface area contributed by atoms with Gasteiger partial charge in [0.15, 0.2) is 5.78 Å². The van der Waals surface area contributed by atoms with Gasteiger partial charge in [0.2, 0.25) is 0 Å². The van der Waals surface area contributed by atoms with Gasteiger partial charge >= 0.3 is 0 Å². The average Bonchev–Trinajstić information content (AvgIpc) is 2.29. The first-order valence-electron chi connectivity index (χ1n) is 3.91. The molecule has 0 spiro atoms. The van der Waals surface area contributed by atoms with E-state index in [0.29, 0.717) is 10.8 Å². The van der Waals surface area contributed by atoms with Gasteiger partial charge in [-0.2, -0.15) is 0 Å². The molecular formula is C8H10O3Si2. The summed E-state index contributed by atoms with van der Waals surface area (Å²) in [6.45, 7) is 1.35. The Kier molecular flexibility index (Phi) is 2.91. The SMILES string of the molecule is CC1(CO)C(CO)=C([Si])C(=O)C1[Si]. The highest BCUT2D eigenvalue weighted by Crippen LogP contribution is 2.45. The zero-order valence-corrected chi connectivity index (χ0v) is 9.29. The Hall–Kier alpha value is -0.236. The van der Waals surface area contributed by atoms with Crippen LogP contribution in [-0.4, -0.2) is 49.7 Å². The number of hydrogen-bond donors (Lipinski definition) is 2. The van der Waals surface area contributed by atoms with E-state index in [0.717, 1.165) is 0 Å². The Morgan fingerprint density at radius 3 is 2.38 bits per heavy atom. The van der Waals surface area contributed by atoms with Crippen molar-refractivity contribution in [2.45, 2.75) is 12.5 Å². The Morgan fingerprint density at radius 1 is 1.54 bits per heavy atom. The standard InChI is InChI=1S/C8H10O3Si2/c1-8(3-10)4(2-9)6(12)5(11)7(8)13/h7,9-10H,2-3H2,1H3. The van der Waals surface area contributed by atoms with Crippen LogP contribution >= 0.6 is 0 Å². The molecule has 2 N–H and O–H groups in total. The lowest BCUT2D eigenvalue weighted by molar-refractivity contribution is -0.115. The lowest BCUT2D eigenvalue weighted by Crippen LogP contribution is -2.29. The normalized spacial score (nSPS) is 34.5. The molecule has 1 aliphatic carbocycles. The van der Waals surface area contributed by atoms with E-state index < -0.39 is 11.0 Å². The first-order valence-corrected chi connectivity index (χ1v) is 4.99. The molecule has 2 unspecified atom stereocenters. The van der Waals surface area contributed by atoms with Crippen molar-refractivity contribution in [2.75, 3.05) is 13.2 Å². The van der Waals surface area contributed by atoms with E-state index in [1.165, 1.54) is 0 Å². The van der Waals surface area contributed by atoms with Gasteiger partial charge in [-0.05, 0) is 10.8 Å². The van der Waals surface area contributed by atoms with Crippen molar-refractivity contribution < 1.29 is 15.0 Å². The molecule has 0 aromatic heterocycles. The fraction of sp³-hybridized carbons (Fsp3) is 0.625. The average molecular weight is 210 g/mol. The number of hydrogen-bond acceptors (Lipinski definition) is 3. The second-order valence-corrected chi connectivity index (χ2v) is 4.46. The van der Waals surface area contributed by atoms with E-state index in [1.807, 2.05) is 0 Å². The molecule has 0 aromatic rings. The maximum Gasteiger partial charge on any atom is 0.154 e. The number of carbonyl (C=O) groups is 1. The van der Waals surface area contributed by atoms with Gasteiger partial charge in [0.25, 0.3) is 0 Å². The van der Waals surface area contributed by atoms with Gasteiger partial charge in [0, 0.05) is 21.2 Å². The van der Waals surface area contributed by atoms with Crippen molar-refractivity contribution in [3.05, 3.63) is 10.8 Å². The van der Waals surface area contributed by atoms with Crippen LogP contribution in [0.5, 0.6) is 0 Å². The van der Waals surface area contributed by atoms with Crippen LogP contribution in [0.1, 0.15) is 6.92 Å². The molecule has 13 heavy (non-hydrogen) atoms. The maximum absolute atomic E-state index is 11.5. The molecule has 68 valence electrons. The van der Waals surface area contributed by atoms with Gasteiger partial charge in [0.05, 0.1) is 23.5 Å². The Bertz CT molecular complexity index is 275. The molecule has 1 rings (SSSR count). The summed E-state index contributed by atoms with van der Waals surface area (Å²) in [6.07, 6.45) is 0. The number of allylic oxidation sites excluding steroid dienone is 1. The lowest BCUT2D eigenvalue weighted by Gasteiger charge is -2.28. The van der Waals surface area contributed by atoms with Crippen LogP contribution in [0.2, 0.25) is 5.54 Å². The van der Waals surface area contributed by atoms with Crippen LogP contribution in [0.4, 0.5) is 0 Å². The first-order chi connectivity index (χ1) is 5.99. The lowest BCUT2D eigenvalue weighted by atomic mass is 9.84. The summed E-state index contributed by atoms with van der Waals surface area (Å²) in [5.41, 5.74) is -0.608. The summed E-state index contributed by atoms with van der Waals surface area (Å²) in [4.78, 5) is 11.5. The first kappa shape index (κ1) is 10.8. The summed E-state index contributed by atoms with van der Waals surface area (Å²) >= 11 is 0. The van der Waals surface area contributed by atoms with Crippen molar-refractivity contribution in [1.82, 2.24) is 0 Å². The highest BCUT2D eigenvalue weighted by molar-refractivity contribution is 6.45. The quantitative estimate of drug-likeness (QED) is 0.571. The zero-order chi connectivity index (χ0) is 10.2. The van der Waals surface area contributed by atoms with Crippen molar-refractivity contribution >= 4 is 26.3 Å². The van der Waals surface area contributed by atoms with Gasteiger partial charge in [0.1, 0.15) is 0 Å². The molecule has 0 bridgehead atoms. The number of aliphatic hydroxyl groups is 2.